The first-order chi connectivity index (χ1) is 6.13. The highest BCUT2D eigenvalue weighted by Gasteiger charge is 2.27. The smallest absolute Gasteiger partial charge is 0.292 e. The Balaban J connectivity index is 3.03. The molecule has 0 fully saturated rings. The van der Waals surface area contributed by atoms with Gasteiger partial charge in [-0.1, -0.05) is 30.3 Å². The molecule has 68 valence electrons. The lowest BCUT2D eigenvalue weighted by Gasteiger charge is -2.04. The molecular weight excluding hydrogens is 170 g/mol. The third kappa shape index (κ3) is 2.11. The summed E-state index contributed by atoms with van der Waals surface area (Å²) in [6, 6.07) is 7.04. The number of ketones is 1. The highest BCUT2D eigenvalue weighted by atomic mass is 16.6. The van der Waals surface area contributed by atoms with Crippen LogP contribution in [-0.2, 0) is 4.79 Å². The van der Waals surface area contributed by atoms with E-state index in [1.165, 1.54) is 6.92 Å². The highest BCUT2D eigenvalue weighted by molar-refractivity contribution is 5.81. The summed E-state index contributed by atoms with van der Waals surface area (Å²) in [5.74, 6) is -0.448. The molecule has 0 radical (unpaired) electrons. The van der Waals surface area contributed by atoms with Gasteiger partial charge in [0.2, 0.25) is 5.78 Å². The zero-order valence-corrected chi connectivity index (χ0v) is 7.14. The first kappa shape index (κ1) is 9.38. The second-order valence-electron chi connectivity index (χ2n) is 2.71. The van der Waals surface area contributed by atoms with Gasteiger partial charge in [-0.25, -0.2) is 0 Å². The minimum Gasteiger partial charge on any atom is -0.292 e. The molecule has 0 aliphatic rings. The lowest BCUT2D eigenvalue weighted by molar-refractivity contribution is -0.513. The Hall–Kier alpha value is -1.71. The fraction of sp³-hybridized carbons (Fsp3) is 0.222. The van der Waals surface area contributed by atoms with Crippen molar-refractivity contribution in [1.29, 1.82) is 0 Å². The molecule has 0 heterocycles. The Bertz CT molecular complexity index is 307. The fourth-order valence-corrected chi connectivity index (χ4v) is 1.14. The minimum atomic E-state index is -1.22. The molecule has 1 unspecified atom stereocenters. The van der Waals surface area contributed by atoms with Gasteiger partial charge in [0.15, 0.2) is 0 Å². The molecule has 4 nitrogen and oxygen atoms in total. The number of carbonyl (C=O) groups excluding carboxylic acids is 1. The predicted molar refractivity (Wildman–Crippen MR) is 46.9 cm³/mol. The van der Waals surface area contributed by atoms with Crippen LogP contribution in [0.5, 0.6) is 0 Å². The van der Waals surface area contributed by atoms with E-state index in [1.54, 1.807) is 30.3 Å². The van der Waals surface area contributed by atoms with Gasteiger partial charge in [0.25, 0.3) is 6.04 Å². The Morgan fingerprint density at radius 2 is 1.92 bits per heavy atom. The first-order valence-corrected chi connectivity index (χ1v) is 3.82. The van der Waals surface area contributed by atoms with Gasteiger partial charge in [0.05, 0.1) is 0 Å². The van der Waals surface area contributed by atoms with E-state index in [2.05, 4.69) is 0 Å². The van der Waals surface area contributed by atoms with Crippen LogP contribution in [0.3, 0.4) is 0 Å². The third-order valence-corrected chi connectivity index (χ3v) is 1.71. The maximum Gasteiger partial charge on any atom is 0.295 e. The molecule has 0 aromatic heterocycles. The Morgan fingerprint density at radius 1 is 1.38 bits per heavy atom. The summed E-state index contributed by atoms with van der Waals surface area (Å²) < 4.78 is 0. The van der Waals surface area contributed by atoms with Gasteiger partial charge in [-0.3, -0.25) is 14.9 Å². The van der Waals surface area contributed by atoms with Crippen LogP contribution in [0, 0.1) is 10.1 Å². The zero-order chi connectivity index (χ0) is 9.84. The van der Waals surface area contributed by atoms with Crippen LogP contribution >= 0.6 is 0 Å². The molecule has 1 aromatic rings. The van der Waals surface area contributed by atoms with E-state index in [0.29, 0.717) is 5.56 Å². The Morgan fingerprint density at radius 3 is 2.31 bits per heavy atom. The van der Waals surface area contributed by atoms with Crippen molar-refractivity contribution in [1.82, 2.24) is 0 Å². The lowest BCUT2D eigenvalue weighted by atomic mass is 10.0. The van der Waals surface area contributed by atoms with E-state index < -0.39 is 16.7 Å². The first-order valence-electron chi connectivity index (χ1n) is 3.82. The maximum atomic E-state index is 10.9. The molecule has 1 atom stereocenters. The molecule has 0 amide bonds. The van der Waals surface area contributed by atoms with Crippen molar-refractivity contribution < 1.29 is 9.72 Å². The summed E-state index contributed by atoms with van der Waals surface area (Å²) in [6.45, 7) is 1.22. The molecular formula is C9H9NO3. The van der Waals surface area contributed by atoms with Gasteiger partial charge in [0, 0.05) is 17.4 Å². The van der Waals surface area contributed by atoms with Crippen LogP contribution in [0.2, 0.25) is 0 Å². The molecule has 4 heteroatoms. The van der Waals surface area contributed by atoms with E-state index in [0.717, 1.165) is 0 Å². The number of nitro groups is 1. The van der Waals surface area contributed by atoms with E-state index in [1.807, 2.05) is 0 Å². The normalized spacial score (nSPS) is 12.1. The van der Waals surface area contributed by atoms with E-state index in [9.17, 15) is 14.9 Å². The summed E-state index contributed by atoms with van der Waals surface area (Å²) in [7, 11) is 0. The van der Waals surface area contributed by atoms with Crippen molar-refractivity contribution in [3.63, 3.8) is 0 Å². The molecule has 0 bridgehead atoms. The van der Waals surface area contributed by atoms with E-state index >= 15 is 0 Å². The zero-order valence-electron chi connectivity index (χ0n) is 7.14. The van der Waals surface area contributed by atoms with Crippen LogP contribution in [-0.4, -0.2) is 10.7 Å². The molecule has 1 rings (SSSR count). The Kier molecular flexibility index (Phi) is 2.74. The standard InChI is InChI=1S/C9H9NO3/c1-7(11)9(10(12)13)8-5-3-2-4-6-8/h2-6,9H,1H3. The van der Waals surface area contributed by atoms with Crippen LogP contribution in [0.25, 0.3) is 0 Å². The van der Waals surface area contributed by atoms with Gasteiger partial charge >= 0.3 is 0 Å². The van der Waals surface area contributed by atoms with Crippen LogP contribution in [0.15, 0.2) is 30.3 Å². The molecule has 0 spiro atoms. The number of carbonyl (C=O) groups is 1. The number of hydrogen-bond donors (Lipinski definition) is 0. The van der Waals surface area contributed by atoms with Gasteiger partial charge in [-0.15, -0.1) is 0 Å². The molecule has 0 saturated heterocycles. The van der Waals surface area contributed by atoms with Crippen molar-refractivity contribution in [2.24, 2.45) is 0 Å². The Labute approximate surface area is 75.3 Å². The number of Topliss-reactive ketones (excluding diaryl/α,β-unsaturated/α-hetero) is 1. The second-order valence-corrected chi connectivity index (χ2v) is 2.71. The summed E-state index contributed by atoms with van der Waals surface area (Å²) in [5, 5.41) is 10.5. The number of nitrogens with zero attached hydrogens (tertiary/aromatic N) is 1. The summed E-state index contributed by atoms with van der Waals surface area (Å²) in [5.41, 5.74) is 0.431. The SMILES string of the molecule is CC(=O)C(c1ccccc1)[N+](=O)[O-]. The molecule has 0 aliphatic carbocycles. The number of rotatable bonds is 3. The van der Waals surface area contributed by atoms with Crippen molar-refractivity contribution in [2.45, 2.75) is 13.0 Å². The van der Waals surface area contributed by atoms with Gasteiger partial charge in [-0.05, 0) is 0 Å². The minimum absolute atomic E-state index is 0.431. The number of benzene rings is 1. The summed E-state index contributed by atoms with van der Waals surface area (Å²) in [4.78, 5) is 20.9. The second kappa shape index (κ2) is 3.80. The fourth-order valence-electron chi connectivity index (χ4n) is 1.14. The highest BCUT2D eigenvalue weighted by Crippen LogP contribution is 2.16. The van der Waals surface area contributed by atoms with Crippen LogP contribution in [0.1, 0.15) is 18.5 Å². The number of hydrogen-bond acceptors (Lipinski definition) is 3. The van der Waals surface area contributed by atoms with Gasteiger partial charge in [-0.2, -0.15) is 0 Å². The molecule has 0 saturated carbocycles. The van der Waals surface area contributed by atoms with E-state index in [-0.39, 0.29) is 0 Å². The molecule has 0 N–H and O–H groups in total. The monoisotopic (exact) mass is 179 g/mol. The van der Waals surface area contributed by atoms with Crippen LogP contribution in [0.4, 0.5) is 0 Å². The van der Waals surface area contributed by atoms with Crippen molar-refractivity contribution in [3.05, 3.63) is 46.0 Å². The van der Waals surface area contributed by atoms with Crippen molar-refractivity contribution in [3.8, 4) is 0 Å². The average Bonchev–Trinajstić information content (AvgIpc) is 2.04. The molecule has 1 aromatic carbocycles. The predicted octanol–water partition coefficient (Wildman–Crippen LogP) is 1.59. The van der Waals surface area contributed by atoms with Gasteiger partial charge in [0.1, 0.15) is 0 Å². The van der Waals surface area contributed by atoms with Gasteiger partial charge < -0.3 is 0 Å². The maximum absolute atomic E-state index is 10.9. The summed E-state index contributed by atoms with van der Waals surface area (Å²) >= 11 is 0. The third-order valence-electron chi connectivity index (χ3n) is 1.71. The summed E-state index contributed by atoms with van der Waals surface area (Å²) in [6.07, 6.45) is 0. The van der Waals surface area contributed by atoms with E-state index in [4.69, 9.17) is 0 Å². The largest absolute Gasteiger partial charge is 0.295 e. The van der Waals surface area contributed by atoms with Crippen LogP contribution < -0.4 is 0 Å². The van der Waals surface area contributed by atoms with Crippen molar-refractivity contribution in [2.75, 3.05) is 0 Å². The quantitative estimate of drug-likeness (QED) is 0.523. The molecule has 0 aliphatic heterocycles. The lowest BCUT2D eigenvalue weighted by Crippen LogP contribution is -2.18. The average molecular weight is 179 g/mol. The van der Waals surface area contributed by atoms with Crippen molar-refractivity contribution >= 4 is 5.78 Å². The topological polar surface area (TPSA) is 60.2 Å². The molecule has 13 heavy (non-hydrogen) atoms.